The molecule has 0 aliphatic rings. The summed E-state index contributed by atoms with van der Waals surface area (Å²) in [5, 5.41) is 2.94. The van der Waals surface area contributed by atoms with Gasteiger partial charge in [0.15, 0.2) is 11.2 Å². The quantitative estimate of drug-likeness (QED) is 0.538. The summed E-state index contributed by atoms with van der Waals surface area (Å²) < 4.78 is 10.4. The number of methoxy groups -OCH3 is 1. The molecule has 1 heterocycles. The number of Topliss-reactive ketones (excluding diaryl/α,β-unsaturated/α-hetero) is 1. The Morgan fingerprint density at radius 1 is 1.11 bits per heavy atom. The van der Waals surface area contributed by atoms with Crippen molar-refractivity contribution in [3.8, 4) is 5.75 Å². The van der Waals surface area contributed by atoms with Crippen LogP contribution in [0.3, 0.4) is 0 Å². The third-order valence-corrected chi connectivity index (χ3v) is 3.96. The van der Waals surface area contributed by atoms with Crippen molar-refractivity contribution in [2.75, 3.05) is 13.7 Å². The molecule has 0 unspecified atom stereocenters. The van der Waals surface area contributed by atoms with E-state index in [9.17, 15) is 14.4 Å². The highest BCUT2D eigenvalue weighted by Crippen LogP contribution is 2.12. The average molecular weight is 363 g/mol. The van der Waals surface area contributed by atoms with E-state index in [4.69, 9.17) is 9.15 Å². The fourth-order valence-corrected chi connectivity index (χ4v) is 2.48. The minimum Gasteiger partial charge on any atom is -0.497 e. The number of carbonyl (C=O) groups excluding carboxylic acids is 2. The van der Waals surface area contributed by atoms with Crippen LogP contribution in [0.2, 0.25) is 0 Å². The van der Waals surface area contributed by atoms with Gasteiger partial charge in [-0.25, -0.2) is 0 Å². The Kier molecular flexibility index (Phi) is 5.47. The molecule has 0 saturated carbocycles. The third kappa shape index (κ3) is 4.30. The van der Waals surface area contributed by atoms with Gasteiger partial charge in [0.2, 0.25) is 5.91 Å². The Labute approximate surface area is 155 Å². The van der Waals surface area contributed by atoms with Crippen LogP contribution in [0.4, 0.5) is 0 Å². The van der Waals surface area contributed by atoms with Crippen LogP contribution in [-0.2, 0) is 4.79 Å². The molecule has 3 rings (SSSR count). The number of hydrogen-bond donors (Lipinski definition) is 1. The molecule has 3 aromatic rings. The normalized spacial score (nSPS) is 10.9. The number of carbonyl (C=O) groups is 2. The Balaban J connectivity index is 1.62. The van der Waals surface area contributed by atoms with Crippen LogP contribution < -0.4 is 15.5 Å². The van der Waals surface area contributed by atoms with Crippen LogP contribution in [-0.4, -0.2) is 25.3 Å². The average Bonchev–Trinajstić information content (AvgIpc) is 2.71. The minimum atomic E-state index is -0.482. The van der Waals surface area contributed by atoms with Gasteiger partial charge in [0, 0.05) is 11.6 Å². The van der Waals surface area contributed by atoms with Gasteiger partial charge in [0.25, 0.3) is 0 Å². The van der Waals surface area contributed by atoms with Gasteiger partial charge in [-0.1, -0.05) is 12.1 Å². The lowest BCUT2D eigenvalue weighted by Gasteiger charge is -2.04. The number of para-hydroxylation sites is 1. The van der Waals surface area contributed by atoms with Crippen molar-refractivity contribution in [3.63, 3.8) is 0 Å². The molecule has 0 saturated heterocycles. The molecule has 2 aromatic carbocycles. The number of fused-ring (bicyclic) bond motifs is 1. The summed E-state index contributed by atoms with van der Waals surface area (Å²) in [4.78, 5) is 36.3. The van der Waals surface area contributed by atoms with E-state index < -0.39 is 5.91 Å². The van der Waals surface area contributed by atoms with Gasteiger partial charge in [0.1, 0.15) is 17.6 Å². The van der Waals surface area contributed by atoms with Gasteiger partial charge >= 0.3 is 0 Å². The smallest absolute Gasteiger partial charge is 0.244 e. The van der Waals surface area contributed by atoms with Crippen molar-refractivity contribution in [2.24, 2.45) is 0 Å². The minimum absolute atomic E-state index is 0.151. The van der Waals surface area contributed by atoms with Crippen molar-refractivity contribution in [1.29, 1.82) is 0 Å². The van der Waals surface area contributed by atoms with Crippen molar-refractivity contribution in [1.82, 2.24) is 5.32 Å². The lowest BCUT2D eigenvalue weighted by atomic mass is 10.1. The first kappa shape index (κ1) is 18.1. The van der Waals surface area contributed by atoms with Crippen molar-refractivity contribution in [2.45, 2.75) is 0 Å². The summed E-state index contributed by atoms with van der Waals surface area (Å²) in [6, 6.07) is 13.5. The van der Waals surface area contributed by atoms with Gasteiger partial charge in [-0.05, 0) is 42.5 Å². The summed E-state index contributed by atoms with van der Waals surface area (Å²) in [6.07, 6.45) is 3.87. The van der Waals surface area contributed by atoms with Crippen LogP contribution in [0.5, 0.6) is 5.75 Å². The van der Waals surface area contributed by atoms with Crippen molar-refractivity contribution in [3.05, 3.63) is 82.2 Å². The van der Waals surface area contributed by atoms with E-state index in [1.165, 1.54) is 18.4 Å². The zero-order valence-corrected chi connectivity index (χ0v) is 14.6. The molecular formula is C21H17NO5. The molecule has 6 nitrogen and oxygen atoms in total. The number of ketones is 1. The third-order valence-electron chi connectivity index (χ3n) is 3.96. The molecule has 1 aromatic heterocycles. The van der Waals surface area contributed by atoms with E-state index in [0.717, 1.165) is 0 Å². The fourth-order valence-electron chi connectivity index (χ4n) is 2.48. The maximum Gasteiger partial charge on any atom is 0.244 e. The van der Waals surface area contributed by atoms with Crippen molar-refractivity contribution < 1.29 is 18.7 Å². The Morgan fingerprint density at radius 2 is 1.85 bits per heavy atom. The highest BCUT2D eigenvalue weighted by atomic mass is 16.5. The van der Waals surface area contributed by atoms with Gasteiger partial charge in [-0.2, -0.15) is 0 Å². The molecule has 136 valence electrons. The predicted molar refractivity (Wildman–Crippen MR) is 102 cm³/mol. The van der Waals surface area contributed by atoms with Gasteiger partial charge in [-0.15, -0.1) is 0 Å². The number of nitrogens with one attached hydrogen (secondary N) is 1. The van der Waals surface area contributed by atoms with E-state index in [-0.39, 0.29) is 23.3 Å². The van der Waals surface area contributed by atoms with Crippen LogP contribution in [0.25, 0.3) is 17.0 Å². The van der Waals surface area contributed by atoms with E-state index in [0.29, 0.717) is 22.3 Å². The second kappa shape index (κ2) is 8.14. The SMILES string of the molecule is COc1ccc(C(=O)CNC(=O)/C=C/c2coc3ccccc3c2=O)cc1. The monoisotopic (exact) mass is 363 g/mol. The van der Waals surface area contributed by atoms with Crippen molar-refractivity contribution >= 4 is 28.7 Å². The Hall–Kier alpha value is -3.67. The number of amides is 1. The number of benzene rings is 2. The molecule has 0 spiro atoms. The highest BCUT2D eigenvalue weighted by Gasteiger charge is 2.08. The standard InChI is InChI=1S/C21H17NO5/c1-26-16-9-6-14(7-10-16)18(23)12-22-20(24)11-8-15-13-27-19-5-3-2-4-17(19)21(15)25/h2-11,13H,12H2,1H3,(H,22,24)/b11-8+. The van der Waals surface area contributed by atoms with E-state index >= 15 is 0 Å². The molecule has 0 bridgehead atoms. The number of rotatable bonds is 6. The number of hydrogen-bond acceptors (Lipinski definition) is 5. The predicted octanol–water partition coefficient (Wildman–Crippen LogP) is 2.81. The number of ether oxygens (including phenoxy) is 1. The topological polar surface area (TPSA) is 85.6 Å². The van der Waals surface area contributed by atoms with E-state index in [2.05, 4.69) is 5.32 Å². The second-order valence-corrected chi connectivity index (χ2v) is 5.72. The first-order chi connectivity index (χ1) is 13.1. The first-order valence-corrected chi connectivity index (χ1v) is 8.22. The Morgan fingerprint density at radius 3 is 2.59 bits per heavy atom. The van der Waals surface area contributed by atoms with E-state index in [1.54, 1.807) is 55.6 Å². The first-order valence-electron chi connectivity index (χ1n) is 8.22. The maximum atomic E-state index is 12.3. The summed E-state index contributed by atoms with van der Waals surface area (Å²) in [5.74, 6) is -0.0678. The molecule has 6 heteroatoms. The largest absolute Gasteiger partial charge is 0.497 e. The summed E-state index contributed by atoms with van der Waals surface area (Å²) in [5.41, 5.74) is 0.977. The lowest BCUT2D eigenvalue weighted by molar-refractivity contribution is -0.116. The molecule has 1 amide bonds. The molecule has 0 aliphatic heterocycles. The zero-order valence-electron chi connectivity index (χ0n) is 14.6. The molecule has 1 N–H and O–H groups in total. The molecule has 0 radical (unpaired) electrons. The summed E-state index contributed by atoms with van der Waals surface area (Å²) in [6.45, 7) is -0.151. The molecule has 0 fully saturated rings. The van der Waals surface area contributed by atoms with Crippen LogP contribution >= 0.6 is 0 Å². The van der Waals surface area contributed by atoms with Crippen LogP contribution in [0, 0.1) is 0 Å². The summed E-state index contributed by atoms with van der Waals surface area (Å²) >= 11 is 0. The van der Waals surface area contributed by atoms with Gasteiger partial charge in [-0.3, -0.25) is 14.4 Å². The second-order valence-electron chi connectivity index (χ2n) is 5.72. The maximum absolute atomic E-state index is 12.3. The van der Waals surface area contributed by atoms with Crippen LogP contribution in [0.15, 0.2) is 70.1 Å². The fraction of sp³-hybridized carbons (Fsp3) is 0.0952. The van der Waals surface area contributed by atoms with Gasteiger partial charge in [0.05, 0.1) is 24.6 Å². The zero-order chi connectivity index (χ0) is 19.2. The van der Waals surface area contributed by atoms with Gasteiger partial charge < -0.3 is 14.5 Å². The van der Waals surface area contributed by atoms with Crippen LogP contribution in [0.1, 0.15) is 15.9 Å². The summed E-state index contributed by atoms with van der Waals surface area (Å²) in [7, 11) is 1.54. The lowest BCUT2D eigenvalue weighted by Crippen LogP contribution is -2.28. The molecule has 0 atom stereocenters. The molecule has 0 aliphatic carbocycles. The highest BCUT2D eigenvalue weighted by molar-refractivity contribution is 6.01. The molecular weight excluding hydrogens is 346 g/mol. The Bertz CT molecular complexity index is 1060. The molecule has 27 heavy (non-hydrogen) atoms. The van der Waals surface area contributed by atoms with E-state index in [1.807, 2.05) is 0 Å².